The first-order valence-electron chi connectivity index (χ1n) is 4.88. The fourth-order valence-electron chi connectivity index (χ4n) is 1.34. The zero-order valence-electron chi connectivity index (χ0n) is 8.92. The van der Waals surface area contributed by atoms with Gasteiger partial charge in [0.1, 0.15) is 16.9 Å². The summed E-state index contributed by atoms with van der Waals surface area (Å²) in [6.45, 7) is 0. The summed E-state index contributed by atoms with van der Waals surface area (Å²) in [6.07, 6.45) is 1.49. The zero-order chi connectivity index (χ0) is 13.1. The Morgan fingerprint density at radius 3 is 2.83 bits per heavy atom. The molecule has 0 amide bonds. The molecule has 0 radical (unpaired) electrons. The molecular formula is C12H6ClFIN3. The van der Waals surface area contributed by atoms with Crippen molar-refractivity contribution >= 4 is 45.7 Å². The maximum Gasteiger partial charge on any atom is 0.150 e. The Kier molecular flexibility index (Phi) is 3.99. The Hall–Kier alpha value is -1.39. The van der Waals surface area contributed by atoms with Crippen LogP contribution >= 0.6 is 34.2 Å². The Labute approximate surface area is 122 Å². The van der Waals surface area contributed by atoms with Gasteiger partial charge in [0.2, 0.25) is 0 Å². The van der Waals surface area contributed by atoms with Gasteiger partial charge in [0.15, 0.2) is 5.82 Å². The molecule has 0 bridgehead atoms. The Bertz CT molecular complexity index is 640. The van der Waals surface area contributed by atoms with Crippen LogP contribution in [-0.2, 0) is 0 Å². The molecule has 18 heavy (non-hydrogen) atoms. The van der Waals surface area contributed by atoms with Crippen molar-refractivity contribution < 1.29 is 4.39 Å². The first kappa shape index (κ1) is 13.1. The highest BCUT2D eigenvalue weighted by Gasteiger charge is 2.09. The fourth-order valence-corrected chi connectivity index (χ4v) is 2.15. The second-order valence-corrected chi connectivity index (χ2v) is 4.92. The molecule has 0 spiro atoms. The highest BCUT2D eigenvalue weighted by molar-refractivity contribution is 14.1. The first-order valence-corrected chi connectivity index (χ1v) is 6.34. The molecule has 1 heterocycles. The maximum atomic E-state index is 13.0. The maximum absolute atomic E-state index is 13.0. The van der Waals surface area contributed by atoms with Crippen LogP contribution in [0, 0.1) is 20.7 Å². The van der Waals surface area contributed by atoms with E-state index < -0.39 is 0 Å². The number of nitrogens with one attached hydrogen (secondary N) is 1. The third kappa shape index (κ3) is 2.71. The Morgan fingerprint density at radius 1 is 1.39 bits per heavy atom. The summed E-state index contributed by atoms with van der Waals surface area (Å²) in [7, 11) is 0. The van der Waals surface area contributed by atoms with Crippen LogP contribution < -0.4 is 5.32 Å². The summed E-state index contributed by atoms with van der Waals surface area (Å²) in [5, 5.41) is 12.1. The predicted octanol–water partition coefficient (Wildman–Crippen LogP) is 4.09. The number of hydrogen-bond donors (Lipinski definition) is 1. The number of hydrogen-bond acceptors (Lipinski definition) is 3. The van der Waals surface area contributed by atoms with Gasteiger partial charge in [-0.15, -0.1) is 0 Å². The van der Waals surface area contributed by atoms with Crippen LogP contribution in [-0.4, -0.2) is 4.98 Å². The molecule has 1 aromatic heterocycles. The molecule has 90 valence electrons. The lowest BCUT2D eigenvalue weighted by atomic mass is 10.2. The second kappa shape index (κ2) is 5.50. The number of nitrogens with zero attached hydrogens (tertiary/aromatic N) is 2. The Balaban J connectivity index is 2.38. The molecule has 0 saturated carbocycles. The van der Waals surface area contributed by atoms with Crippen molar-refractivity contribution in [3.63, 3.8) is 0 Å². The van der Waals surface area contributed by atoms with E-state index in [-0.39, 0.29) is 10.8 Å². The van der Waals surface area contributed by atoms with E-state index in [1.54, 1.807) is 6.07 Å². The number of pyridine rings is 1. The van der Waals surface area contributed by atoms with Crippen LogP contribution in [0.1, 0.15) is 5.56 Å². The minimum absolute atomic E-state index is 0.250. The summed E-state index contributed by atoms with van der Waals surface area (Å²) >= 11 is 8.02. The van der Waals surface area contributed by atoms with Gasteiger partial charge in [0.25, 0.3) is 0 Å². The van der Waals surface area contributed by atoms with Gasteiger partial charge in [-0.1, -0.05) is 11.6 Å². The molecule has 0 fully saturated rings. The molecule has 0 atom stereocenters. The van der Waals surface area contributed by atoms with E-state index in [1.165, 1.54) is 24.4 Å². The number of benzene rings is 1. The van der Waals surface area contributed by atoms with Gasteiger partial charge in [-0.3, -0.25) is 0 Å². The van der Waals surface area contributed by atoms with Crippen molar-refractivity contribution in [2.75, 3.05) is 5.32 Å². The number of rotatable bonds is 2. The van der Waals surface area contributed by atoms with Gasteiger partial charge >= 0.3 is 0 Å². The quantitative estimate of drug-likeness (QED) is 0.807. The third-order valence-electron chi connectivity index (χ3n) is 2.19. The van der Waals surface area contributed by atoms with Crippen molar-refractivity contribution in [3.05, 3.63) is 50.4 Å². The van der Waals surface area contributed by atoms with E-state index in [9.17, 15) is 4.39 Å². The fraction of sp³-hybridized carbons (Fsp3) is 0. The lowest BCUT2D eigenvalue weighted by Gasteiger charge is -2.09. The number of aromatic nitrogens is 1. The van der Waals surface area contributed by atoms with E-state index in [0.717, 1.165) is 0 Å². The van der Waals surface area contributed by atoms with Gasteiger partial charge < -0.3 is 5.32 Å². The number of anilines is 2. The number of halogens is 3. The standard InChI is InChI=1S/C12H6ClFIN3/c13-11-7(6-16)3-4-17-12(11)18-10-2-1-8(14)5-9(10)15/h1-5H,(H,17,18). The monoisotopic (exact) mass is 373 g/mol. The van der Waals surface area contributed by atoms with Crippen molar-refractivity contribution in [1.82, 2.24) is 4.98 Å². The molecule has 0 aliphatic carbocycles. The van der Waals surface area contributed by atoms with Gasteiger partial charge in [-0.25, -0.2) is 9.37 Å². The van der Waals surface area contributed by atoms with Crippen LogP contribution in [0.2, 0.25) is 5.02 Å². The van der Waals surface area contributed by atoms with E-state index in [0.29, 0.717) is 20.6 Å². The minimum atomic E-state index is -0.310. The molecule has 2 rings (SSSR count). The summed E-state index contributed by atoms with van der Waals surface area (Å²) in [5.41, 5.74) is 1.02. The van der Waals surface area contributed by atoms with Gasteiger partial charge in [-0.05, 0) is 46.9 Å². The van der Waals surface area contributed by atoms with Crippen molar-refractivity contribution in [1.29, 1.82) is 5.26 Å². The number of nitriles is 1. The molecule has 3 nitrogen and oxygen atoms in total. The highest BCUT2D eigenvalue weighted by atomic mass is 127. The van der Waals surface area contributed by atoms with E-state index in [1.807, 2.05) is 28.7 Å². The summed E-state index contributed by atoms with van der Waals surface area (Å²) in [4.78, 5) is 4.05. The topological polar surface area (TPSA) is 48.7 Å². The van der Waals surface area contributed by atoms with E-state index >= 15 is 0 Å². The normalized spacial score (nSPS) is 9.89. The summed E-state index contributed by atoms with van der Waals surface area (Å²) in [6, 6.07) is 7.83. The SMILES string of the molecule is N#Cc1ccnc(Nc2ccc(F)cc2I)c1Cl. The van der Waals surface area contributed by atoms with Crippen molar-refractivity contribution in [2.45, 2.75) is 0 Å². The lowest BCUT2D eigenvalue weighted by molar-refractivity contribution is 0.627. The van der Waals surface area contributed by atoms with Crippen LogP contribution in [0.3, 0.4) is 0 Å². The van der Waals surface area contributed by atoms with Crippen LogP contribution in [0.4, 0.5) is 15.9 Å². The molecule has 6 heteroatoms. The second-order valence-electron chi connectivity index (χ2n) is 3.38. The Morgan fingerprint density at radius 2 is 2.17 bits per heavy atom. The van der Waals surface area contributed by atoms with Gasteiger partial charge in [0.05, 0.1) is 11.3 Å². The lowest BCUT2D eigenvalue weighted by Crippen LogP contribution is -1.98. The predicted molar refractivity (Wildman–Crippen MR) is 76.4 cm³/mol. The zero-order valence-corrected chi connectivity index (χ0v) is 11.8. The molecule has 1 aromatic carbocycles. The summed E-state index contributed by atoms with van der Waals surface area (Å²) in [5.74, 6) is 0.0648. The van der Waals surface area contributed by atoms with Crippen LogP contribution in [0.5, 0.6) is 0 Å². The molecule has 0 aliphatic heterocycles. The van der Waals surface area contributed by atoms with Gasteiger partial charge in [0, 0.05) is 9.77 Å². The average molecular weight is 374 g/mol. The largest absolute Gasteiger partial charge is 0.338 e. The van der Waals surface area contributed by atoms with E-state index in [2.05, 4.69) is 10.3 Å². The molecule has 0 saturated heterocycles. The van der Waals surface area contributed by atoms with Crippen LogP contribution in [0.15, 0.2) is 30.5 Å². The smallest absolute Gasteiger partial charge is 0.150 e. The first-order chi connectivity index (χ1) is 8.61. The van der Waals surface area contributed by atoms with E-state index in [4.69, 9.17) is 16.9 Å². The average Bonchev–Trinajstić information content (AvgIpc) is 2.35. The van der Waals surface area contributed by atoms with Gasteiger partial charge in [-0.2, -0.15) is 5.26 Å². The molecule has 2 aromatic rings. The van der Waals surface area contributed by atoms with Crippen LogP contribution in [0.25, 0.3) is 0 Å². The molecule has 0 aliphatic rings. The minimum Gasteiger partial charge on any atom is -0.338 e. The van der Waals surface area contributed by atoms with Crippen molar-refractivity contribution in [3.8, 4) is 6.07 Å². The molecular weight excluding hydrogens is 368 g/mol. The molecule has 0 unspecified atom stereocenters. The summed E-state index contributed by atoms with van der Waals surface area (Å²) < 4.78 is 13.7. The third-order valence-corrected chi connectivity index (χ3v) is 3.47. The molecule has 1 N–H and O–H groups in total. The van der Waals surface area contributed by atoms with Crippen molar-refractivity contribution in [2.24, 2.45) is 0 Å². The highest BCUT2D eigenvalue weighted by Crippen LogP contribution is 2.28.